The van der Waals surface area contributed by atoms with Crippen LogP contribution in [0.2, 0.25) is 0 Å². The van der Waals surface area contributed by atoms with Gasteiger partial charge in [-0.25, -0.2) is 19.3 Å². The maximum atomic E-state index is 12.0. The molecule has 4 heterocycles. The van der Waals surface area contributed by atoms with Crippen molar-refractivity contribution < 1.29 is 24.2 Å². The number of ether oxygens (including phenoxy) is 2. The molecule has 2 aliphatic rings. The predicted molar refractivity (Wildman–Crippen MR) is 166 cm³/mol. The van der Waals surface area contributed by atoms with Crippen LogP contribution >= 0.6 is 11.3 Å². The quantitative estimate of drug-likeness (QED) is 0.187. The van der Waals surface area contributed by atoms with Crippen LogP contribution in [-0.2, 0) is 12.8 Å². The van der Waals surface area contributed by atoms with Gasteiger partial charge in [-0.05, 0) is 60.7 Å². The molecule has 4 aromatic rings. The molecule has 1 fully saturated rings. The van der Waals surface area contributed by atoms with Crippen LogP contribution in [0.3, 0.4) is 0 Å². The van der Waals surface area contributed by atoms with Crippen molar-refractivity contribution in [3.05, 3.63) is 70.5 Å². The first-order valence-corrected chi connectivity index (χ1v) is 15.5. The van der Waals surface area contributed by atoms with E-state index in [0.717, 1.165) is 58.4 Å². The highest BCUT2D eigenvalue weighted by Crippen LogP contribution is 2.35. The van der Waals surface area contributed by atoms with Gasteiger partial charge in [0.25, 0.3) is 0 Å². The number of aryl methyl sites for hydroxylation is 1. The lowest BCUT2D eigenvalue weighted by molar-refractivity contribution is 0.194. The third-order valence-corrected chi connectivity index (χ3v) is 8.28. The molecular formula is C31H33N7O5S. The SMILES string of the molecule is O=C(O)NCCCCc1cn(-c2ccc(-c3nc(/C=C/c4ccc5c(c4)CCO5)cs3)c(OCCN3CCNC3=O)c2)nn1. The van der Waals surface area contributed by atoms with E-state index in [9.17, 15) is 9.59 Å². The van der Waals surface area contributed by atoms with Crippen molar-refractivity contribution >= 4 is 35.6 Å². The molecule has 2 aromatic carbocycles. The Balaban J connectivity index is 1.17. The zero-order chi connectivity index (χ0) is 30.3. The van der Waals surface area contributed by atoms with E-state index >= 15 is 0 Å². The van der Waals surface area contributed by atoms with Crippen LogP contribution in [0.4, 0.5) is 9.59 Å². The van der Waals surface area contributed by atoms with E-state index in [1.807, 2.05) is 48.0 Å². The van der Waals surface area contributed by atoms with Gasteiger partial charge in [0.2, 0.25) is 0 Å². The van der Waals surface area contributed by atoms with Crippen LogP contribution < -0.4 is 20.1 Å². The van der Waals surface area contributed by atoms with Crippen molar-refractivity contribution in [1.29, 1.82) is 0 Å². The van der Waals surface area contributed by atoms with Gasteiger partial charge in [0.1, 0.15) is 23.1 Å². The number of fused-ring (bicyclic) bond motifs is 1. The van der Waals surface area contributed by atoms with Gasteiger partial charge in [-0.1, -0.05) is 17.4 Å². The van der Waals surface area contributed by atoms with E-state index in [1.165, 1.54) is 16.9 Å². The van der Waals surface area contributed by atoms with Crippen molar-refractivity contribution in [3.63, 3.8) is 0 Å². The number of benzene rings is 2. The number of carbonyl (C=O) groups excluding carboxylic acids is 1. The number of nitrogens with one attached hydrogen (secondary N) is 2. The Hall–Kier alpha value is -4.91. The molecule has 2 aromatic heterocycles. The third kappa shape index (κ3) is 7.17. The zero-order valence-electron chi connectivity index (χ0n) is 24.1. The summed E-state index contributed by atoms with van der Waals surface area (Å²) in [5, 5.41) is 25.3. The summed E-state index contributed by atoms with van der Waals surface area (Å²) in [6.45, 7) is 3.23. The summed E-state index contributed by atoms with van der Waals surface area (Å²) in [4.78, 5) is 29.2. The van der Waals surface area contributed by atoms with Crippen molar-refractivity contribution in [3.8, 4) is 27.8 Å². The summed E-state index contributed by atoms with van der Waals surface area (Å²) in [7, 11) is 0. The minimum Gasteiger partial charge on any atom is -0.493 e. The molecule has 0 saturated carbocycles. The van der Waals surface area contributed by atoms with Crippen LogP contribution in [0.15, 0.2) is 48.0 Å². The normalized spacial score (nSPS) is 14.1. The molecular weight excluding hydrogens is 582 g/mol. The molecule has 44 heavy (non-hydrogen) atoms. The smallest absolute Gasteiger partial charge is 0.404 e. The summed E-state index contributed by atoms with van der Waals surface area (Å²) in [6.07, 6.45) is 8.05. The Morgan fingerprint density at radius 2 is 2.14 bits per heavy atom. The van der Waals surface area contributed by atoms with E-state index in [1.54, 1.807) is 9.58 Å². The summed E-state index contributed by atoms with van der Waals surface area (Å²) in [6, 6.07) is 12.0. The fraction of sp³-hybridized carbons (Fsp3) is 0.323. The third-order valence-electron chi connectivity index (χ3n) is 7.38. The Morgan fingerprint density at radius 3 is 3.00 bits per heavy atom. The molecule has 0 aliphatic carbocycles. The maximum absolute atomic E-state index is 12.0. The zero-order valence-corrected chi connectivity index (χ0v) is 24.9. The highest BCUT2D eigenvalue weighted by molar-refractivity contribution is 7.13. The predicted octanol–water partition coefficient (Wildman–Crippen LogP) is 4.49. The van der Waals surface area contributed by atoms with Crippen molar-refractivity contribution in [2.45, 2.75) is 25.7 Å². The largest absolute Gasteiger partial charge is 0.493 e. The highest BCUT2D eigenvalue weighted by Gasteiger charge is 2.20. The molecule has 0 atom stereocenters. The standard InChI is InChI=1S/C31H33N7O5S/c39-30-32-12-13-37(30)14-16-43-28-18-25(38-19-23(35-36-38)3-1-2-11-33-31(40)41)7-8-26(28)29-34-24(20-44-29)6-4-21-5-9-27-22(17-21)10-15-42-27/h4-9,17-20,33H,1-3,10-16H2,(H,32,39)(H,40,41)/b6-4+. The number of nitrogens with zero attached hydrogens (tertiary/aromatic N) is 5. The van der Waals surface area contributed by atoms with Gasteiger partial charge in [0.05, 0.1) is 42.0 Å². The van der Waals surface area contributed by atoms with Gasteiger partial charge in [0, 0.05) is 37.5 Å². The summed E-state index contributed by atoms with van der Waals surface area (Å²) < 4.78 is 13.6. The second kappa shape index (κ2) is 13.6. The first kappa shape index (κ1) is 29.2. The van der Waals surface area contributed by atoms with E-state index < -0.39 is 6.09 Å². The van der Waals surface area contributed by atoms with Crippen LogP contribution in [0.25, 0.3) is 28.4 Å². The van der Waals surface area contributed by atoms with Gasteiger partial charge in [-0.15, -0.1) is 16.4 Å². The number of rotatable bonds is 13. The minimum atomic E-state index is -1.02. The number of thiazole rings is 1. The average Bonchev–Trinajstić information content (AvgIpc) is 3.84. The second-order valence-corrected chi connectivity index (χ2v) is 11.3. The van der Waals surface area contributed by atoms with Crippen molar-refractivity contribution in [1.82, 2.24) is 35.5 Å². The molecule has 0 unspecified atom stereocenters. The topological polar surface area (TPSA) is 144 Å². The molecule has 13 heteroatoms. The molecule has 1 saturated heterocycles. The minimum absolute atomic E-state index is 0.0799. The number of unbranched alkanes of at least 4 members (excludes halogenated alkanes) is 1. The molecule has 6 rings (SSSR count). The van der Waals surface area contributed by atoms with Crippen LogP contribution in [0.1, 0.15) is 35.4 Å². The Morgan fingerprint density at radius 1 is 1.20 bits per heavy atom. The maximum Gasteiger partial charge on any atom is 0.404 e. The van der Waals surface area contributed by atoms with E-state index in [0.29, 0.717) is 51.4 Å². The lowest BCUT2D eigenvalue weighted by Crippen LogP contribution is -2.31. The van der Waals surface area contributed by atoms with Gasteiger partial charge < -0.3 is 30.1 Å². The van der Waals surface area contributed by atoms with Crippen LogP contribution in [-0.4, -0.2) is 81.5 Å². The Bertz CT molecular complexity index is 1670. The number of aromatic nitrogens is 4. The lowest BCUT2D eigenvalue weighted by Gasteiger charge is -2.16. The molecule has 0 bridgehead atoms. The Labute approximate surface area is 258 Å². The fourth-order valence-corrected chi connectivity index (χ4v) is 5.90. The number of hydrogen-bond donors (Lipinski definition) is 3. The van der Waals surface area contributed by atoms with Gasteiger partial charge in [-0.3, -0.25) is 0 Å². The van der Waals surface area contributed by atoms with Crippen molar-refractivity contribution in [2.75, 3.05) is 39.4 Å². The average molecular weight is 616 g/mol. The number of carbonyl (C=O) groups is 2. The molecule has 2 aliphatic heterocycles. The van der Waals surface area contributed by atoms with Crippen LogP contribution in [0.5, 0.6) is 11.5 Å². The molecule has 0 radical (unpaired) electrons. The van der Waals surface area contributed by atoms with E-state index in [2.05, 4.69) is 33.1 Å². The highest BCUT2D eigenvalue weighted by atomic mass is 32.1. The second-order valence-electron chi connectivity index (χ2n) is 10.5. The molecule has 3 amide bonds. The van der Waals surface area contributed by atoms with Gasteiger partial charge in [-0.2, -0.15) is 0 Å². The monoisotopic (exact) mass is 615 g/mol. The molecule has 228 valence electrons. The number of amides is 3. The number of carboxylic acid groups (broad SMARTS) is 1. The first-order chi connectivity index (χ1) is 21.5. The molecule has 0 spiro atoms. The molecule has 3 N–H and O–H groups in total. The number of hydrogen-bond acceptors (Lipinski definition) is 8. The van der Waals surface area contributed by atoms with E-state index in [4.69, 9.17) is 19.6 Å². The lowest BCUT2D eigenvalue weighted by atomic mass is 10.1. The Kier molecular flexibility index (Phi) is 9.01. The summed E-state index contributed by atoms with van der Waals surface area (Å²) in [5.41, 5.74) is 5.64. The fourth-order valence-electron chi connectivity index (χ4n) is 5.08. The van der Waals surface area contributed by atoms with Gasteiger partial charge in [0.15, 0.2) is 0 Å². The van der Waals surface area contributed by atoms with E-state index in [-0.39, 0.29) is 6.03 Å². The van der Waals surface area contributed by atoms with Gasteiger partial charge >= 0.3 is 12.1 Å². The summed E-state index contributed by atoms with van der Waals surface area (Å²) in [5.74, 6) is 1.61. The first-order valence-electron chi connectivity index (χ1n) is 14.6. The van der Waals surface area contributed by atoms with Crippen molar-refractivity contribution in [2.24, 2.45) is 0 Å². The summed E-state index contributed by atoms with van der Waals surface area (Å²) >= 11 is 1.54. The number of urea groups is 1. The van der Waals surface area contributed by atoms with Crippen LogP contribution in [0, 0.1) is 0 Å². The molecule has 12 nitrogen and oxygen atoms in total.